The smallest absolute Gasteiger partial charge is 0.136 e. The fourth-order valence-corrected chi connectivity index (χ4v) is 5.71. The SMILES string of the molecule is CC1CCC(C2CCC(C3CCC(CO)C(F)C3F)CC2)CC1. The maximum absolute atomic E-state index is 14.5. The average molecular weight is 328 g/mol. The molecular formula is C20H34F2O. The zero-order valence-corrected chi connectivity index (χ0v) is 14.6. The number of aliphatic hydroxyl groups is 1. The molecule has 0 aromatic heterocycles. The van der Waals surface area contributed by atoms with E-state index in [2.05, 4.69) is 6.92 Å². The van der Waals surface area contributed by atoms with E-state index in [0.29, 0.717) is 12.3 Å². The van der Waals surface area contributed by atoms with Crippen LogP contribution in [0.2, 0.25) is 0 Å². The number of hydrogen-bond donors (Lipinski definition) is 1. The van der Waals surface area contributed by atoms with E-state index >= 15 is 0 Å². The van der Waals surface area contributed by atoms with E-state index in [1.54, 1.807) is 0 Å². The minimum Gasteiger partial charge on any atom is -0.396 e. The second-order valence-corrected chi connectivity index (χ2v) is 8.77. The van der Waals surface area contributed by atoms with E-state index in [0.717, 1.165) is 37.0 Å². The molecule has 4 unspecified atom stereocenters. The molecule has 4 atom stereocenters. The van der Waals surface area contributed by atoms with Crippen LogP contribution in [0.4, 0.5) is 8.78 Å². The van der Waals surface area contributed by atoms with Crippen molar-refractivity contribution in [2.45, 2.75) is 83.5 Å². The first-order chi connectivity index (χ1) is 11.1. The summed E-state index contributed by atoms with van der Waals surface area (Å²) in [4.78, 5) is 0. The van der Waals surface area contributed by atoms with Gasteiger partial charge in [0.2, 0.25) is 0 Å². The van der Waals surface area contributed by atoms with Crippen molar-refractivity contribution < 1.29 is 13.9 Å². The van der Waals surface area contributed by atoms with Crippen LogP contribution in [0.3, 0.4) is 0 Å². The zero-order valence-electron chi connectivity index (χ0n) is 14.6. The largest absolute Gasteiger partial charge is 0.396 e. The summed E-state index contributed by atoms with van der Waals surface area (Å²) in [5.74, 6) is 2.45. The van der Waals surface area contributed by atoms with Crippen molar-refractivity contribution >= 4 is 0 Å². The van der Waals surface area contributed by atoms with Crippen molar-refractivity contribution in [2.24, 2.45) is 35.5 Å². The molecule has 0 saturated heterocycles. The molecule has 3 heteroatoms. The second kappa shape index (κ2) is 7.80. The molecule has 3 rings (SSSR count). The van der Waals surface area contributed by atoms with Crippen molar-refractivity contribution in [1.29, 1.82) is 0 Å². The highest BCUT2D eigenvalue weighted by atomic mass is 19.2. The maximum Gasteiger partial charge on any atom is 0.136 e. The lowest BCUT2D eigenvalue weighted by atomic mass is 9.64. The third-order valence-corrected chi connectivity index (χ3v) is 7.42. The minimum atomic E-state index is -1.45. The average Bonchev–Trinajstić information content (AvgIpc) is 2.58. The van der Waals surface area contributed by atoms with Gasteiger partial charge in [-0.05, 0) is 81.0 Å². The molecule has 0 aliphatic heterocycles. The van der Waals surface area contributed by atoms with E-state index in [-0.39, 0.29) is 12.5 Å². The fourth-order valence-electron chi connectivity index (χ4n) is 5.71. The summed E-state index contributed by atoms with van der Waals surface area (Å²) in [7, 11) is 0. The standard InChI is InChI=1S/C20H34F2O/c1-13-2-4-14(5-3-13)15-6-8-16(9-7-15)18-11-10-17(12-23)19(21)20(18)22/h13-20,23H,2-12H2,1H3. The van der Waals surface area contributed by atoms with Crippen LogP contribution in [0.1, 0.15) is 71.1 Å². The molecule has 3 aliphatic carbocycles. The first kappa shape index (κ1) is 17.6. The summed E-state index contributed by atoms with van der Waals surface area (Å²) in [5, 5.41) is 9.17. The van der Waals surface area contributed by atoms with Crippen LogP contribution in [0.15, 0.2) is 0 Å². The van der Waals surface area contributed by atoms with Gasteiger partial charge in [-0.1, -0.05) is 19.8 Å². The summed E-state index contributed by atoms with van der Waals surface area (Å²) >= 11 is 0. The van der Waals surface area contributed by atoms with Crippen molar-refractivity contribution in [3.05, 3.63) is 0 Å². The summed E-state index contributed by atoms with van der Waals surface area (Å²) in [6.45, 7) is 2.16. The molecular weight excluding hydrogens is 294 g/mol. The Kier molecular flexibility index (Phi) is 5.98. The number of hydrogen-bond acceptors (Lipinski definition) is 1. The van der Waals surface area contributed by atoms with Gasteiger partial charge in [-0.25, -0.2) is 8.78 Å². The molecule has 3 saturated carbocycles. The van der Waals surface area contributed by atoms with Gasteiger partial charge in [0.15, 0.2) is 0 Å². The molecule has 0 spiro atoms. The predicted molar refractivity (Wildman–Crippen MR) is 89.7 cm³/mol. The lowest BCUT2D eigenvalue weighted by molar-refractivity contribution is -0.0295. The van der Waals surface area contributed by atoms with Gasteiger partial charge in [0.1, 0.15) is 12.3 Å². The first-order valence-corrected chi connectivity index (χ1v) is 9.99. The van der Waals surface area contributed by atoms with Crippen LogP contribution >= 0.6 is 0 Å². The Hall–Kier alpha value is -0.180. The Bertz CT molecular complexity index is 359. The monoisotopic (exact) mass is 328 g/mol. The van der Waals surface area contributed by atoms with Crippen LogP contribution in [0, 0.1) is 35.5 Å². The van der Waals surface area contributed by atoms with Crippen LogP contribution in [0.25, 0.3) is 0 Å². The quantitative estimate of drug-likeness (QED) is 0.744. The summed E-state index contributed by atoms with van der Waals surface area (Å²) in [6.07, 6.45) is 8.81. The van der Waals surface area contributed by atoms with Crippen LogP contribution < -0.4 is 0 Å². The lowest BCUT2D eigenvalue weighted by Crippen LogP contribution is -2.43. The Morgan fingerprint density at radius 3 is 1.78 bits per heavy atom. The Labute approximate surface area is 140 Å². The highest BCUT2D eigenvalue weighted by molar-refractivity contribution is 4.93. The summed E-state index contributed by atoms with van der Waals surface area (Å²) < 4.78 is 28.6. The van der Waals surface area contributed by atoms with Gasteiger partial charge in [0.25, 0.3) is 0 Å². The van der Waals surface area contributed by atoms with Crippen LogP contribution in [-0.2, 0) is 0 Å². The first-order valence-electron chi connectivity index (χ1n) is 9.99. The van der Waals surface area contributed by atoms with E-state index in [1.165, 1.54) is 38.5 Å². The highest BCUT2D eigenvalue weighted by Gasteiger charge is 2.44. The molecule has 0 amide bonds. The van der Waals surface area contributed by atoms with Gasteiger partial charge in [-0.2, -0.15) is 0 Å². The lowest BCUT2D eigenvalue weighted by Gasteiger charge is -2.43. The van der Waals surface area contributed by atoms with Gasteiger partial charge in [0, 0.05) is 12.5 Å². The predicted octanol–water partition coefficient (Wildman–Crippen LogP) is 5.31. The van der Waals surface area contributed by atoms with Gasteiger partial charge in [-0.15, -0.1) is 0 Å². The Morgan fingerprint density at radius 2 is 1.22 bits per heavy atom. The van der Waals surface area contributed by atoms with Crippen molar-refractivity contribution in [3.8, 4) is 0 Å². The molecule has 134 valence electrons. The summed E-state index contributed by atoms with van der Waals surface area (Å²) in [6, 6.07) is 0. The minimum absolute atomic E-state index is 0.0971. The molecule has 0 heterocycles. The van der Waals surface area contributed by atoms with E-state index < -0.39 is 18.3 Å². The Balaban J connectivity index is 1.49. The third-order valence-electron chi connectivity index (χ3n) is 7.42. The zero-order chi connectivity index (χ0) is 16.4. The second-order valence-electron chi connectivity index (χ2n) is 8.77. The highest BCUT2D eigenvalue weighted by Crippen LogP contribution is 2.47. The van der Waals surface area contributed by atoms with E-state index in [4.69, 9.17) is 5.11 Å². The van der Waals surface area contributed by atoms with E-state index in [1.807, 2.05) is 0 Å². The van der Waals surface area contributed by atoms with Gasteiger partial charge in [0.05, 0.1) is 0 Å². The van der Waals surface area contributed by atoms with Crippen molar-refractivity contribution in [3.63, 3.8) is 0 Å². The normalized spacial score (nSPS) is 49.0. The fraction of sp³-hybridized carbons (Fsp3) is 1.00. The topological polar surface area (TPSA) is 20.2 Å². The van der Waals surface area contributed by atoms with Gasteiger partial charge < -0.3 is 5.11 Å². The molecule has 0 aromatic carbocycles. The van der Waals surface area contributed by atoms with Crippen LogP contribution in [0.5, 0.6) is 0 Å². The van der Waals surface area contributed by atoms with Crippen molar-refractivity contribution in [2.75, 3.05) is 6.61 Å². The molecule has 0 bridgehead atoms. The summed E-state index contributed by atoms with van der Waals surface area (Å²) in [5.41, 5.74) is 0. The molecule has 1 N–H and O–H groups in total. The molecule has 3 fully saturated rings. The Morgan fingerprint density at radius 1 is 0.696 bits per heavy atom. The number of alkyl halides is 2. The van der Waals surface area contributed by atoms with Gasteiger partial charge in [-0.3, -0.25) is 0 Å². The van der Waals surface area contributed by atoms with E-state index in [9.17, 15) is 8.78 Å². The molecule has 0 aromatic rings. The molecule has 0 radical (unpaired) electrons. The number of halogens is 2. The maximum atomic E-state index is 14.5. The molecule has 23 heavy (non-hydrogen) atoms. The third kappa shape index (κ3) is 3.91. The van der Waals surface area contributed by atoms with Crippen LogP contribution in [-0.4, -0.2) is 24.1 Å². The molecule has 1 nitrogen and oxygen atoms in total. The molecule has 3 aliphatic rings. The van der Waals surface area contributed by atoms with Crippen molar-refractivity contribution in [1.82, 2.24) is 0 Å². The number of aliphatic hydroxyl groups excluding tert-OH is 1. The number of rotatable bonds is 3. The van der Waals surface area contributed by atoms with Gasteiger partial charge >= 0.3 is 0 Å².